The van der Waals surface area contributed by atoms with Gasteiger partial charge in [-0.05, 0) is 12.8 Å². The van der Waals surface area contributed by atoms with E-state index in [0.29, 0.717) is 12.8 Å². The van der Waals surface area contributed by atoms with E-state index in [0.717, 1.165) is 29.3 Å². The van der Waals surface area contributed by atoms with Gasteiger partial charge >= 0.3 is 6.03 Å². The lowest BCUT2D eigenvalue weighted by Gasteiger charge is -2.31. The van der Waals surface area contributed by atoms with E-state index >= 15 is 0 Å². The number of carbonyl (C=O) groups excluding carboxylic acids is 4. The first-order valence-electron chi connectivity index (χ1n) is 6.52. The second-order valence-corrected chi connectivity index (χ2v) is 5.44. The second-order valence-electron chi connectivity index (χ2n) is 5.44. The van der Waals surface area contributed by atoms with Gasteiger partial charge in [-0.2, -0.15) is 5.01 Å². The molecule has 19 heavy (non-hydrogen) atoms. The molecule has 7 heteroatoms. The molecule has 0 unspecified atom stereocenters. The topological polar surface area (TPSA) is 86.8 Å². The zero-order chi connectivity index (χ0) is 13.6. The molecule has 0 aromatic carbocycles. The lowest BCUT2D eigenvalue weighted by molar-refractivity contribution is -0.155. The normalized spacial score (nSPS) is 26.5. The van der Waals surface area contributed by atoms with Crippen LogP contribution in [0.4, 0.5) is 4.79 Å². The first-order chi connectivity index (χ1) is 9.03. The molecule has 3 fully saturated rings. The van der Waals surface area contributed by atoms with Crippen LogP contribution in [-0.4, -0.2) is 40.3 Å². The van der Waals surface area contributed by atoms with Crippen LogP contribution in [0.15, 0.2) is 0 Å². The largest absolute Gasteiger partial charge is 0.343 e. The summed E-state index contributed by atoms with van der Waals surface area (Å²) in [5.41, 5.74) is -0.638. The summed E-state index contributed by atoms with van der Waals surface area (Å²) in [6, 6.07) is -0.695. The molecule has 0 bridgehead atoms. The lowest BCUT2D eigenvalue weighted by Crippen LogP contribution is -2.49. The molecule has 0 atom stereocenters. The number of nitrogens with zero attached hydrogens (tertiary/aromatic N) is 2. The molecule has 2 aliphatic heterocycles. The van der Waals surface area contributed by atoms with Crippen molar-refractivity contribution in [3.8, 4) is 0 Å². The Kier molecular flexibility index (Phi) is 2.58. The maximum absolute atomic E-state index is 12.5. The van der Waals surface area contributed by atoms with E-state index in [-0.39, 0.29) is 24.8 Å². The third-order valence-corrected chi connectivity index (χ3v) is 4.20. The molecule has 0 radical (unpaired) electrons. The highest BCUT2D eigenvalue weighted by Crippen LogP contribution is 2.45. The predicted octanol–water partition coefficient (Wildman–Crippen LogP) is 0.163. The Morgan fingerprint density at radius 1 is 1.00 bits per heavy atom. The highest BCUT2D eigenvalue weighted by atomic mass is 16.2. The third-order valence-electron chi connectivity index (χ3n) is 4.20. The minimum absolute atomic E-state index is 0.157. The van der Waals surface area contributed by atoms with Crippen molar-refractivity contribution in [1.29, 1.82) is 0 Å². The maximum Gasteiger partial charge on any atom is 0.343 e. The van der Waals surface area contributed by atoms with Crippen LogP contribution in [-0.2, 0) is 14.4 Å². The van der Waals surface area contributed by atoms with Gasteiger partial charge in [-0.3, -0.25) is 19.7 Å². The number of hydrogen-bond donors (Lipinski definition) is 1. The Morgan fingerprint density at radius 3 is 2.26 bits per heavy atom. The third kappa shape index (κ3) is 1.72. The molecule has 1 aliphatic carbocycles. The molecule has 1 saturated carbocycles. The van der Waals surface area contributed by atoms with Gasteiger partial charge in [0.1, 0.15) is 6.54 Å². The van der Waals surface area contributed by atoms with Crippen LogP contribution in [0.3, 0.4) is 0 Å². The van der Waals surface area contributed by atoms with Gasteiger partial charge in [0, 0.05) is 6.42 Å². The molecule has 1 N–H and O–H groups in total. The average Bonchev–Trinajstić information content (AvgIpc) is 2.79. The smallest absolute Gasteiger partial charge is 0.275 e. The van der Waals surface area contributed by atoms with Crippen molar-refractivity contribution in [2.45, 2.75) is 38.5 Å². The summed E-state index contributed by atoms with van der Waals surface area (Å²) >= 11 is 0. The second kappa shape index (κ2) is 4.04. The van der Waals surface area contributed by atoms with E-state index in [1.807, 2.05) is 0 Å². The van der Waals surface area contributed by atoms with Crippen molar-refractivity contribution in [2.75, 3.05) is 6.54 Å². The SMILES string of the molecule is O=C1CN(N2C(=O)CC3(CCCCC3)C2=O)C(=O)N1. The fourth-order valence-corrected chi connectivity index (χ4v) is 3.23. The summed E-state index contributed by atoms with van der Waals surface area (Å²) in [6.45, 7) is -0.258. The van der Waals surface area contributed by atoms with E-state index in [1.165, 1.54) is 0 Å². The average molecular weight is 265 g/mol. The Hall–Kier alpha value is -1.92. The number of hydrogen-bond acceptors (Lipinski definition) is 4. The van der Waals surface area contributed by atoms with Crippen LogP contribution in [0, 0.1) is 5.41 Å². The Labute approximate surface area is 109 Å². The van der Waals surface area contributed by atoms with Gasteiger partial charge in [0.05, 0.1) is 5.41 Å². The summed E-state index contributed by atoms with van der Waals surface area (Å²) in [5.74, 6) is -1.19. The number of imide groups is 2. The number of urea groups is 1. The van der Waals surface area contributed by atoms with Crippen LogP contribution >= 0.6 is 0 Å². The van der Waals surface area contributed by atoms with Gasteiger partial charge in [-0.15, -0.1) is 0 Å². The summed E-state index contributed by atoms with van der Waals surface area (Å²) < 4.78 is 0. The zero-order valence-corrected chi connectivity index (χ0v) is 10.5. The van der Waals surface area contributed by atoms with Crippen LogP contribution in [0.1, 0.15) is 38.5 Å². The van der Waals surface area contributed by atoms with Crippen molar-refractivity contribution in [3.63, 3.8) is 0 Å². The van der Waals surface area contributed by atoms with Gasteiger partial charge in [0.25, 0.3) is 5.91 Å². The van der Waals surface area contributed by atoms with Crippen molar-refractivity contribution in [2.24, 2.45) is 5.41 Å². The molecule has 0 aromatic rings. The van der Waals surface area contributed by atoms with Crippen molar-refractivity contribution in [1.82, 2.24) is 15.3 Å². The van der Waals surface area contributed by atoms with Crippen LogP contribution < -0.4 is 5.32 Å². The lowest BCUT2D eigenvalue weighted by atomic mass is 9.73. The zero-order valence-electron chi connectivity index (χ0n) is 10.5. The van der Waals surface area contributed by atoms with Crippen molar-refractivity contribution in [3.05, 3.63) is 0 Å². The molecule has 2 heterocycles. The summed E-state index contributed by atoms with van der Waals surface area (Å²) in [7, 11) is 0. The van der Waals surface area contributed by atoms with E-state index in [2.05, 4.69) is 5.32 Å². The molecule has 7 nitrogen and oxygen atoms in total. The van der Waals surface area contributed by atoms with E-state index < -0.39 is 17.4 Å². The number of amides is 5. The van der Waals surface area contributed by atoms with Gasteiger partial charge in [-0.1, -0.05) is 19.3 Å². The number of nitrogens with one attached hydrogen (secondary N) is 1. The van der Waals surface area contributed by atoms with Crippen molar-refractivity contribution >= 4 is 23.8 Å². The Balaban J connectivity index is 1.87. The molecule has 3 aliphatic rings. The predicted molar refractivity (Wildman–Crippen MR) is 62.2 cm³/mol. The molecular weight excluding hydrogens is 250 g/mol. The quantitative estimate of drug-likeness (QED) is 0.540. The van der Waals surface area contributed by atoms with E-state index in [4.69, 9.17) is 0 Å². The van der Waals surface area contributed by atoms with Crippen LogP contribution in [0.5, 0.6) is 0 Å². The first kappa shape index (κ1) is 12.1. The minimum Gasteiger partial charge on any atom is -0.275 e. The van der Waals surface area contributed by atoms with Crippen LogP contribution in [0.25, 0.3) is 0 Å². The molecule has 2 saturated heterocycles. The van der Waals surface area contributed by atoms with E-state index in [1.54, 1.807) is 0 Å². The molecule has 3 rings (SSSR count). The molecular formula is C12H15N3O4. The summed E-state index contributed by atoms with van der Waals surface area (Å²) in [6.07, 6.45) is 4.47. The van der Waals surface area contributed by atoms with E-state index in [9.17, 15) is 19.2 Å². The number of rotatable bonds is 1. The van der Waals surface area contributed by atoms with Gasteiger partial charge < -0.3 is 0 Å². The highest BCUT2D eigenvalue weighted by molar-refractivity contribution is 6.10. The standard InChI is InChI=1S/C12H15N3O4/c16-8-7-14(11(19)13-8)15-9(17)6-12(10(15)18)4-2-1-3-5-12/h1-7H2,(H,13,16,19). The highest BCUT2D eigenvalue weighted by Gasteiger charge is 2.55. The number of carbonyl (C=O) groups is 4. The number of hydrazine groups is 1. The maximum atomic E-state index is 12.5. The fraction of sp³-hybridized carbons (Fsp3) is 0.667. The van der Waals surface area contributed by atoms with Gasteiger partial charge in [0.2, 0.25) is 11.8 Å². The summed E-state index contributed by atoms with van der Waals surface area (Å²) in [5, 5.41) is 3.89. The fourth-order valence-electron chi connectivity index (χ4n) is 3.23. The van der Waals surface area contributed by atoms with Gasteiger partial charge in [-0.25, -0.2) is 9.80 Å². The molecule has 5 amide bonds. The first-order valence-corrected chi connectivity index (χ1v) is 6.52. The van der Waals surface area contributed by atoms with Gasteiger partial charge in [0.15, 0.2) is 0 Å². The molecule has 0 aromatic heterocycles. The molecule has 102 valence electrons. The van der Waals surface area contributed by atoms with Crippen LogP contribution in [0.2, 0.25) is 0 Å². The summed E-state index contributed by atoms with van der Waals surface area (Å²) in [4.78, 5) is 47.3. The van der Waals surface area contributed by atoms with Crippen molar-refractivity contribution < 1.29 is 19.2 Å². The minimum atomic E-state index is -0.695. The monoisotopic (exact) mass is 265 g/mol. The Bertz CT molecular complexity index is 481. The molecule has 1 spiro atoms. The Morgan fingerprint density at radius 2 is 1.68 bits per heavy atom.